The van der Waals surface area contributed by atoms with E-state index in [0.29, 0.717) is 38.4 Å². The van der Waals surface area contributed by atoms with Gasteiger partial charge in [0, 0.05) is 44.3 Å². The average Bonchev–Trinajstić information content (AvgIpc) is 3.06. The van der Waals surface area contributed by atoms with Gasteiger partial charge >= 0.3 is 12.1 Å². The first kappa shape index (κ1) is 22.5. The van der Waals surface area contributed by atoms with Crippen molar-refractivity contribution in [3.8, 4) is 0 Å². The molecule has 2 saturated heterocycles. The molecule has 0 spiro atoms. The van der Waals surface area contributed by atoms with Crippen molar-refractivity contribution in [2.75, 3.05) is 37.6 Å². The summed E-state index contributed by atoms with van der Waals surface area (Å²) in [5, 5.41) is 0. The lowest BCUT2D eigenvalue weighted by Crippen LogP contribution is -2.49. The second-order valence-electron chi connectivity index (χ2n) is 10.3. The molecule has 4 nitrogen and oxygen atoms in total. The SMILES string of the molecule is CC1=CCC[C@@]2(C)C[C@H]3OC(=O)[C@H](CN4CCN(c5cccc(C(F)(F)F)c5)CC4)[C@@H]3C=C12. The molecule has 0 saturated carbocycles. The van der Waals surface area contributed by atoms with Crippen LogP contribution in [0.15, 0.2) is 47.6 Å². The Morgan fingerprint density at radius 2 is 1.94 bits per heavy atom. The fourth-order valence-corrected chi connectivity index (χ4v) is 6.18. The van der Waals surface area contributed by atoms with Gasteiger partial charge in [-0.2, -0.15) is 13.2 Å². The van der Waals surface area contributed by atoms with Crippen molar-refractivity contribution < 1.29 is 22.7 Å². The maximum absolute atomic E-state index is 13.1. The third kappa shape index (κ3) is 4.20. The van der Waals surface area contributed by atoms with Gasteiger partial charge in [0.15, 0.2) is 0 Å². The summed E-state index contributed by atoms with van der Waals surface area (Å²) in [6.07, 6.45) is 3.28. The van der Waals surface area contributed by atoms with Gasteiger partial charge in [-0.3, -0.25) is 9.69 Å². The summed E-state index contributed by atoms with van der Waals surface area (Å²) in [7, 11) is 0. The van der Waals surface area contributed by atoms with Crippen LogP contribution < -0.4 is 4.90 Å². The van der Waals surface area contributed by atoms with Crippen molar-refractivity contribution in [1.82, 2.24) is 4.90 Å². The average molecular weight is 461 g/mol. The minimum Gasteiger partial charge on any atom is -0.461 e. The highest BCUT2D eigenvalue weighted by Gasteiger charge is 2.51. The van der Waals surface area contributed by atoms with Crippen LogP contribution in [0.25, 0.3) is 0 Å². The molecule has 2 heterocycles. The Morgan fingerprint density at radius 3 is 2.67 bits per heavy atom. The van der Waals surface area contributed by atoms with E-state index in [1.54, 1.807) is 6.07 Å². The number of piperazine rings is 1. The van der Waals surface area contributed by atoms with Crippen LogP contribution in [0, 0.1) is 17.3 Å². The summed E-state index contributed by atoms with van der Waals surface area (Å²) in [4.78, 5) is 17.1. The molecule has 2 aliphatic carbocycles. The number of esters is 1. The van der Waals surface area contributed by atoms with E-state index in [4.69, 9.17) is 4.74 Å². The van der Waals surface area contributed by atoms with Crippen LogP contribution in [0.2, 0.25) is 0 Å². The Labute approximate surface area is 193 Å². The molecule has 1 aromatic rings. The number of anilines is 1. The lowest BCUT2D eigenvalue weighted by atomic mass is 9.62. The summed E-state index contributed by atoms with van der Waals surface area (Å²) in [5.74, 6) is -0.184. The third-order valence-electron chi connectivity index (χ3n) is 8.06. The van der Waals surface area contributed by atoms with Gasteiger partial charge < -0.3 is 9.64 Å². The van der Waals surface area contributed by atoms with Crippen LogP contribution in [0.3, 0.4) is 0 Å². The number of allylic oxidation sites excluding steroid dienone is 3. The number of hydrogen-bond donors (Lipinski definition) is 0. The number of carbonyl (C=O) groups excluding carboxylic acids is 1. The molecule has 2 aliphatic heterocycles. The molecule has 178 valence electrons. The van der Waals surface area contributed by atoms with E-state index in [1.165, 1.54) is 23.3 Å². The Balaban J connectivity index is 1.25. The van der Waals surface area contributed by atoms with Crippen molar-refractivity contribution in [3.63, 3.8) is 0 Å². The highest BCUT2D eigenvalue weighted by molar-refractivity contribution is 5.76. The Morgan fingerprint density at radius 1 is 1.18 bits per heavy atom. The van der Waals surface area contributed by atoms with E-state index in [2.05, 4.69) is 30.9 Å². The van der Waals surface area contributed by atoms with Gasteiger partial charge in [-0.15, -0.1) is 0 Å². The summed E-state index contributed by atoms with van der Waals surface area (Å²) < 4.78 is 45.1. The third-order valence-corrected chi connectivity index (χ3v) is 8.06. The molecule has 0 bridgehead atoms. The van der Waals surface area contributed by atoms with Crippen LogP contribution in [0.5, 0.6) is 0 Å². The molecule has 4 atom stereocenters. The van der Waals surface area contributed by atoms with Crippen LogP contribution in [0.1, 0.15) is 38.7 Å². The molecule has 0 aromatic heterocycles. The van der Waals surface area contributed by atoms with Gasteiger partial charge in [-0.05, 0) is 55.4 Å². The predicted octanol–water partition coefficient (Wildman–Crippen LogP) is 5.06. The summed E-state index contributed by atoms with van der Waals surface area (Å²) in [6.45, 7) is 7.80. The molecule has 0 radical (unpaired) electrons. The molecule has 33 heavy (non-hydrogen) atoms. The van der Waals surface area contributed by atoms with E-state index in [9.17, 15) is 18.0 Å². The van der Waals surface area contributed by atoms with Gasteiger partial charge in [0.2, 0.25) is 0 Å². The van der Waals surface area contributed by atoms with Gasteiger partial charge in [0.1, 0.15) is 6.10 Å². The van der Waals surface area contributed by atoms with E-state index in [0.717, 1.165) is 25.3 Å². The molecule has 4 aliphatic rings. The summed E-state index contributed by atoms with van der Waals surface area (Å²) in [6, 6.07) is 5.52. The minimum absolute atomic E-state index is 0.0476. The highest BCUT2D eigenvalue weighted by atomic mass is 19.4. The highest BCUT2D eigenvalue weighted by Crippen LogP contribution is 2.52. The number of alkyl halides is 3. The molecule has 0 amide bonds. The first-order chi connectivity index (χ1) is 15.6. The van der Waals surface area contributed by atoms with Gasteiger partial charge in [-0.1, -0.05) is 30.7 Å². The summed E-state index contributed by atoms with van der Waals surface area (Å²) in [5.41, 5.74) is 2.78. The Kier molecular flexibility index (Phi) is 5.58. The van der Waals surface area contributed by atoms with Gasteiger partial charge in [0.25, 0.3) is 0 Å². The zero-order chi connectivity index (χ0) is 23.4. The fraction of sp³-hybridized carbons (Fsp3) is 0.577. The molecule has 1 aromatic carbocycles. The fourth-order valence-electron chi connectivity index (χ4n) is 6.18. The summed E-state index contributed by atoms with van der Waals surface area (Å²) >= 11 is 0. The van der Waals surface area contributed by atoms with Crippen molar-refractivity contribution >= 4 is 11.7 Å². The number of benzene rings is 1. The number of ether oxygens (including phenoxy) is 1. The number of nitrogens with zero attached hydrogens (tertiary/aromatic N) is 2. The van der Waals surface area contributed by atoms with Crippen molar-refractivity contribution in [2.45, 2.75) is 45.4 Å². The number of carbonyl (C=O) groups is 1. The van der Waals surface area contributed by atoms with E-state index in [-0.39, 0.29) is 29.3 Å². The van der Waals surface area contributed by atoms with Gasteiger partial charge in [-0.25, -0.2) is 0 Å². The standard InChI is InChI=1S/C26H31F3N2O2/c1-17-5-4-8-25(2)15-23-20(14-22(17)25)21(24(32)33-23)16-30-9-11-31(12-10-30)19-7-3-6-18(13-19)26(27,28)29/h3,5-7,13-14,20-21,23H,4,8-12,15-16H2,1-2H3/t20-,21+,23+,25-/m0/s1. The molecular formula is C26H31F3N2O2. The molecule has 0 unspecified atom stereocenters. The first-order valence-corrected chi connectivity index (χ1v) is 11.9. The maximum Gasteiger partial charge on any atom is 0.416 e. The molecular weight excluding hydrogens is 429 g/mol. The van der Waals surface area contributed by atoms with Gasteiger partial charge in [0.05, 0.1) is 11.5 Å². The van der Waals surface area contributed by atoms with E-state index in [1.807, 2.05) is 4.90 Å². The van der Waals surface area contributed by atoms with E-state index < -0.39 is 11.7 Å². The van der Waals surface area contributed by atoms with Crippen molar-refractivity contribution in [3.05, 3.63) is 53.1 Å². The number of fused-ring (bicyclic) bond motifs is 2. The molecule has 7 heteroatoms. The Hall–Kier alpha value is -2.28. The lowest BCUT2D eigenvalue weighted by Gasteiger charge is -2.43. The normalized spacial score (nSPS) is 32.6. The molecule has 2 fully saturated rings. The minimum atomic E-state index is -4.34. The van der Waals surface area contributed by atoms with Crippen molar-refractivity contribution in [2.24, 2.45) is 17.3 Å². The molecule has 0 N–H and O–H groups in total. The van der Waals surface area contributed by atoms with E-state index >= 15 is 0 Å². The zero-order valence-corrected chi connectivity index (χ0v) is 19.2. The number of hydrogen-bond acceptors (Lipinski definition) is 4. The Bertz CT molecular complexity index is 993. The largest absolute Gasteiger partial charge is 0.461 e. The van der Waals surface area contributed by atoms with Crippen molar-refractivity contribution in [1.29, 1.82) is 0 Å². The monoisotopic (exact) mass is 460 g/mol. The lowest BCUT2D eigenvalue weighted by molar-refractivity contribution is -0.145. The predicted molar refractivity (Wildman–Crippen MR) is 121 cm³/mol. The van der Waals surface area contributed by atoms with Crippen LogP contribution in [0.4, 0.5) is 18.9 Å². The van der Waals surface area contributed by atoms with Crippen LogP contribution >= 0.6 is 0 Å². The number of halogens is 3. The zero-order valence-electron chi connectivity index (χ0n) is 19.2. The van der Waals surface area contributed by atoms with Crippen LogP contribution in [-0.2, 0) is 15.7 Å². The quantitative estimate of drug-likeness (QED) is 0.591. The second-order valence-corrected chi connectivity index (χ2v) is 10.3. The second kappa shape index (κ2) is 8.19. The first-order valence-electron chi connectivity index (χ1n) is 11.9. The molecule has 5 rings (SSSR count). The topological polar surface area (TPSA) is 32.8 Å². The maximum atomic E-state index is 13.1. The smallest absolute Gasteiger partial charge is 0.416 e. The number of rotatable bonds is 3. The van der Waals surface area contributed by atoms with Crippen LogP contribution in [-0.4, -0.2) is 49.7 Å².